The van der Waals surface area contributed by atoms with Crippen LogP contribution in [-0.2, 0) is 6.54 Å². The monoisotopic (exact) mass is 327 g/mol. The average Bonchev–Trinajstić information content (AvgIpc) is 3.02. The van der Waals surface area contributed by atoms with Crippen molar-refractivity contribution in [1.82, 2.24) is 15.5 Å². The van der Waals surface area contributed by atoms with Gasteiger partial charge in [-0.2, -0.15) is 4.98 Å². The summed E-state index contributed by atoms with van der Waals surface area (Å²) in [5, 5.41) is 7.16. The van der Waals surface area contributed by atoms with E-state index in [9.17, 15) is 4.39 Å². The Kier molecular flexibility index (Phi) is 4.86. The highest BCUT2D eigenvalue weighted by atomic mass is 19.1. The molecule has 0 bridgehead atoms. The summed E-state index contributed by atoms with van der Waals surface area (Å²) >= 11 is 0. The highest BCUT2D eigenvalue weighted by Crippen LogP contribution is 2.25. The van der Waals surface area contributed by atoms with Gasteiger partial charge in [-0.05, 0) is 42.3 Å². The van der Waals surface area contributed by atoms with Crippen molar-refractivity contribution in [2.24, 2.45) is 0 Å². The van der Waals surface area contributed by atoms with Gasteiger partial charge in [0.25, 0.3) is 0 Å². The molecule has 0 saturated heterocycles. The number of halogens is 1. The Morgan fingerprint density at radius 1 is 1.08 bits per heavy atom. The normalized spacial score (nSPS) is 12.1. The maximum atomic E-state index is 13.2. The first-order valence-electron chi connectivity index (χ1n) is 7.57. The first-order chi connectivity index (χ1) is 11.7. The van der Waals surface area contributed by atoms with Crippen molar-refractivity contribution in [2.45, 2.75) is 19.5 Å². The largest absolute Gasteiger partial charge is 0.497 e. The number of hydrogen-bond acceptors (Lipinski definition) is 5. The molecule has 0 fully saturated rings. The third-order valence-electron chi connectivity index (χ3n) is 3.68. The molecule has 0 saturated carbocycles. The molecule has 1 unspecified atom stereocenters. The molecule has 3 aromatic rings. The number of nitrogens with one attached hydrogen (secondary N) is 1. The van der Waals surface area contributed by atoms with Gasteiger partial charge in [-0.1, -0.05) is 29.4 Å². The quantitative estimate of drug-likeness (QED) is 0.752. The second kappa shape index (κ2) is 7.23. The molecular weight excluding hydrogens is 309 g/mol. The van der Waals surface area contributed by atoms with E-state index in [-0.39, 0.29) is 11.9 Å². The minimum Gasteiger partial charge on any atom is -0.497 e. The topological polar surface area (TPSA) is 60.2 Å². The number of aromatic nitrogens is 2. The summed E-state index contributed by atoms with van der Waals surface area (Å²) in [6, 6.07) is 14.0. The molecule has 0 aliphatic rings. The second-order valence-corrected chi connectivity index (χ2v) is 5.37. The van der Waals surface area contributed by atoms with Crippen LogP contribution in [0.5, 0.6) is 5.75 Å². The number of nitrogens with zero attached hydrogens (tertiary/aromatic N) is 2. The van der Waals surface area contributed by atoms with E-state index in [1.807, 2.05) is 24.3 Å². The Hall–Kier alpha value is -2.73. The predicted octanol–water partition coefficient (Wildman–Crippen LogP) is 3.40. The fourth-order valence-corrected chi connectivity index (χ4v) is 2.48. The molecule has 1 heterocycles. The lowest BCUT2D eigenvalue weighted by molar-refractivity contribution is 0.359. The molecule has 3 rings (SSSR count). The zero-order valence-electron chi connectivity index (χ0n) is 13.5. The SMILES string of the molecule is COc1ccc(C(NCc2nc(C)no2)c2ccc(F)cc2)cc1. The fourth-order valence-electron chi connectivity index (χ4n) is 2.48. The Morgan fingerprint density at radius 3 is 2.25 bits per heavy atom. The summed E-state index contributed by atoms with van der Waals surface area (Å²) in [5.41, 5.74) is 1.97. The first-order valence-corrected chi connectivity index (χ1v) is 7.57. The standard InChI is InChI=1S/C18H18FN3O2/c1-12-21-17(24-22-12)11-20-18(13-3-7-15(19)8-4-13)14-5-9-16(23-2)10-6-14/h3-10,18,20H,11H2,1-2H3. The van der Waals surface area contributed by atoms with Crippen molar-refractivity contribution in [3.8, 4) is 5.75 Å². The van der Waals surface area contributed by atoms with Crippen molar-refractivity contribution in [3.63, 3.8) is 0 Å². The highest BCUT2D eigenvalue weighted by Gasteiger charge is 2.15. The first kappa shape index (κ1) is 16.1. The summed E-state index contributed by atoms with van der Waals surface area (Å²) in [6.45, 7) is 2.18. The predicted molar refractivity (Wildman–Crippen MR) is 87.1 cm³/mol. The number of benzene rings is 2. The average molecular weight is 327 g/mol. The zero-order chi connectivity index (χ0) is 16.9. The van der Waals surface area contributed by atoms with Gasteiger partial charge in [-0.3, -0.25) is 5.32 Å². The maximum absolute atomic E-state index is 13.2. The Bertz CT molecular complexity index is 785. The van der Waals surface area contributed by atoms with Crippen LogP contribution in [0.3, 0.4) is 0 Å². The number of rotatable bonds is 6. The van der Waals surface area contributed by atoms with E-state index in [2.05, 4.69) is 15.5 Å². The lowest BCUT2D eigenvalue weighted by atomic mass is 9.98. The summed E-state index contributed by atoms with van der Waals surface area (Å²) < 4.78 is 23.6. The molecule has 2 aromatic carbocycles. The maximum Gasteiger partial charge on any atom is 0.240 e. The highest BCUT2D eigenvalue weighted by molar-refractivity contribution is 5.35. The van der Waals surface area contributed by atoms with E-state index in [1.54, 1.807) is 26.2 Å². The van der Waals surface area contributed by atoms with Crippen molar-refractivity contribution in [2.75, 3.05) is 7.11 Å². The van der Waals surface area contributed by atoms with E-state index in [0.717, 1.165) is 16.9 Å². The van der Waals surface area contributed by atoms with Crippen molar-refractivity contribution in [3.05, 3.63) is 77.2 Å². The number of ether oxygens (including phenoxy) is 1. The number of hydrogen-bond donors (Lipinski definition) is 1. The minimum atomic E-state index is -0.264. The van der Waals surface area contributed by atoms with Crippen LogP contribution in [0.4, 0.5) is 4.39 Å². The van der Waals surface area contributed by atoms with E-state index < -0.39 is 0 Å². The third kappa shape index (κ3) is 3.78. The number of methoxy groups -OCH3 is 1. The number of aryl methyl sites for hydroxylation is 1. The summed E-state index contributed by atoms with van der Waals surface area (Å²) in [7, 11) is 1.63. The molecule has 0 aliphatic heterocycles. The van der Waals surface area contributed by atoms with Gasteiger partial charge in [0, 0.05) is 0 Å². The fraction of sp³-hybridized carbons (Fsp3) is 0.222. The molecule has 0 spiro atoms. The van der Waals surface area contributed by atoms with Gasteiger partial charge in [0.2, 0.25) is 5.89 Å². The van der Waals surface area contributed by atoms with Crippen molar-refractivity contribution >= 4 is 0 Å². The molecule has 0 amide bonds. The van der Waals surface area contributed by atoms with Crippen molar-refractivity contribution in [1.29, 1.82) is 0 Å². The van der Waals surface area contributed by atoms with Gasteiger partial charge in [-0.15, -0.1) is 0 Å². The molecule has 1 N–H and O–H groups in total. The van der Waals surface area contributed by atoms with Crippen LogP contribution in [0.1, 0.15) is 28.9 Å². The summed E-state index contributed by atoms with van der Waals surface area (Å²) in [6.07, 6.45) is 0. The van der Waals surface area contributed by atoms with Gasteiger partial charge in [0.05, 0.1) is 19.7 Å². The van der Waals surface area contributed by atoms with Gasteiger partial charge < -0.3 is 9.26 Å². The van der Waals surface area contributed by atoms with E-state index in [0.29, 0.717) is 18.3 Å². The Labute approximate surface area is 139 Å². The van der Waals surface area contributed by atoms with Crippen LogP contribution in [0.25, 0.3) is 0 Å². The second-order valence-electron chi connectivity index (χ2n) is 5.37. The van der Waals surface area contributed by atoms with Crippen LogP contribution < -0.4 is 10.1 Å². The molecule has 5 nitrogen and oxygen atoms in total. The molecule has 6 heteroatoms. The Balaban J connectivity index is 1.85. The van der Waals surface area contributed by atoms with E-state index >= 15 is 0 Å². The molecular formula is C18H18FN3O2. The summed E-state index contributed by atoms with van der Waals surface area (Å²) in [5.74, 6) is 1.62. The summed E-state index contributed by atoms with van der Waals surface area (Å²) in [4.78, 5) is 4.19. The van der Waals surface area contributed by atoms with Gasteiger partial charge in [-0.25, -0.2) is 4.39 Å². The van der Waals surface area contributed by atoms with E-state index in [1.165, 1.54) is 12.1 Å². The van der Waals surface area contributed by atoms with Crippen LogP contribution in [0.15, 0.2) is 53.1 Å². The van der Waals surface area contributed by atoms with Gasteiger partial charge >= 0.3 is 0 Å². The smallest absolute Gasteiger partial charge is 0.240 e. The van der Waals surface area contributed by atoms with E-state index in [4.69, 9.17) is 9.26 Å². The lowest BCUT2D eigenvalue weighted by Gasteiger charge is -2.19. The molecule has 1 atom stereocenters. The van der Waals surface area contributed by atoms with Crippen LogP contribution in [0.2, 0.25) is 0 Å². The molecule has 124 valence electrons. The molecule has 1 aromatic heterocycles. The van der Waals surface area contributed by atoms with Gasteiger partial charge in [0.1, 0.15) is 11.6 Å². The van der Waals surface area contributed by atoms with Gasteiger partial charge in [0.15, 0.2) is 5.82 Å². The van der Waals surface area contributed by atoms with Crippen LogP contribution in [-0.4, -0.2) is 17.3 Å². The Morgan fingerprint density at radius 2 is 1.71 bits per heavy atom. The third-order valence-corrected chi connectivity index (χ3v) is 3.68. The van der Waals surface area contributed by atoms with Crippen molar-refractivity contribution < 1.29 is 13.7 Å². The molecule has 0 radical (unpaired) electrons. The molecule has 24 heavy (non-hydrogen) atoms. The lowest BCUT2D eigenvalue weighted by Crippen LogP contribution is -2.22. The minimum absolute atomic E-state index is 0.135. The molecule has 0 aliphatic carbocycles. The van der Waals surface area contributed by atoms with Crippen LogP contribution in [0, 0.1) is 12.7 Å². The van der Waals surface area contributed by atoms with Crippen LogP contribution >= 0.6 is 0 Å². The zero-order valence-corrected chi connectivity index (χ0v) is 13.5.